The Bertz CT molecular complexity index is 944. The van der Waals surface area contributed by atoms with E-state index in [-0.39, 0.29) is 24.3 Å². The molecule has 2 amide bonds. The molecule has 0 radical (unpaired) electrons. The summed E-state index contributed by atoms with van der Waals surface area (Å²) in [6, 6.07) is 13.3. The highest BCUT2D eigenvalue weighted by atomic mass is 35.5. The van der Waals surface area contributed by atoms with Gasteiger partial charge in [-0.2, -0.15) is 0 Å². The van der Waals surface area contributed by atoms with Gasteiger partial charge in [-0.3, -0.25) is 9.59 Å². The molecule has 0 aliphatic carbocycles. The van der Waals surface area contributed by atoms with Crippen LogP contribution in [0.1, 0.15) is 30.5 Å². The van der Waals surface area contributed by atoms with Gasteiger partial charge in [-0.25, -0.2) is 0 Å². The lowest BCUT2D eigenvalue weighted by Gasteiger charge is -2.35. The normalized spacial score (nSPS) is 18.1. The lowest BCUT2D eigenvalue weighted by molar-refractivity contribution is -0.129. The lowest BCUT2D eigenvalue weighted by atomic mass is 9.93. The average Bonchev–Trinajstić information content (AvgIpc) is 2.67. The molecule has 2 aliphatic heterocycles. The molecule has 0 saturated carbocycles. The van der Waals surface area contributed by atoms with E-state index in [9.17, 15) is 9.59 Å². The van der Waals surface area contributed by atoms with E-state index >= 15 is 0 Å². The van der Waals surface area contributed by atoms with Crippen molar-refractivity contribution >= 4 is 46.9 Å². The number of halogens is 1. The minimum atomic E-state index is -0.298. The molecule has 2 aromatic rings. The summed E-state index contributed by atoms with van der Waals surface area (Å²) in [6.07, 6.45) is 3.93. The first kappa shape index (κ1) is 18.1. The van der Waals surface area contributed by atoms with Crippen LogP contribution in [0.25, 0.3) is 6.08 Å². The Labute approximate surface area is 167 Å². The van der Waals surface area contributed by atoms with E-state index in [4.69, 9.17) is 11.6 Å². The maximum atomic E-state index is 13.2. The second kappa shape index (κ2) is 7.41. The topological polar surface area (TPSA) is 40.6 Å². The van der Waals surface area contributed by atoms with Crippen molar-refractivity contribution in [2.75, 3.05) is 17.2 Å². The van der Waals surface area contributed by atoms with Gasteiger partial charge in [0.25, 0.3) is 0 Å². The number of anilines is 1. The highest BCUT2D eigenvalue weighted by Crippen LogP contribution is 2.39. The Morgan fingerprint density at radius 3 is 2.85 bits per heavy atom. The minimum Gasteiger partial charge on any atom is -0.311 e. The first-order valence-electron chi connectivity index (χ1n) is 8.83. The molecule has 2 aromatic carbocycles. The fourth-order valence-electron chi connectivity index (χ4n) is 3.64. The van der Waals surface area contributed by atoms with Gasteiger partial charge in [0.2, 0.25) is 11.8 Å². The van der Waals surface area contributed by atoms with Crippen molar-refractivity contribution in [3.63, 3.8) is 0 Å². The molecule has 138 valence electrons. The number of carbonyl (C=O) groups is 2. The van der Waals surface area contributed by atoms with Crippen LogP contribution in [0.2, 0.25) is 5.02 Å². The SMILES string of the molecule is CC(=O)N1C=Cc2ccccc2C1CC(=O)N1CCSc2ccc(Cl)cc21. The molecule has 0 fully saturated rings. The van der Waals surface area contributed by atoms with E-state index in [0.29, 0.717) is 11.6 Å². The maximum Gasteiger partial charge on any atom is 0.229 e. The fourth-order valence-corrected chi connectivity index (χ4v) is 4.78. The molecule has 4 rings (SSSR count). The van der Waals surface area contributed by atoms with E-state index in [1.807, 2.05) is 48.5 Å². The van der Waals surface area contributed by atoms with Gasteiger partial charge in [0.15, 0.2) is 0 Å². The van der Waals surface area contributed by atoms with Crippen molar-refractivity contribution in [2.45, 2.75) is 24.3 Å². The van der Waals surface area contributed by atoms with Crippen molar-refractivity contribution in [3.8, 4) is 0 Å². The highest BCUT2D eigenvalue weighted by molar-refractivity contribution is 7.99. The van der Waals surface area contributed by atoms with Crippen LogP contribution in [-0.2, 0) is 9.59 Å². The predicted molar refractivity (Wildman–Crippen MR) is 110 cm³/mol. The van der Waals surface area contributed by atoms with Crippen molar-refractivity contribution in [3.05, 3.63) is 64.8 Å². The van der Waals surface area contributed by atoms with E-state index in [1.165, 1.54) is 6.92 Å². The zero-order valence-corrected chi connectivity index (χ0v) is 16.5. The molecule has 0 spiro atoms. The summed E-state index contributed by atoms with van der Waals surface area (Å²) in [5.74, 6) is 0.772. The van der Waals surface area contributed by atoms with Crippen molar-refractivity contribution in [1.29, 1.82) is 0 Å². The summed E-state index contributed by atoms with van der Waals surface area (Å²) >= 11 is 7.89. The Hall–Kier alpha value is -2.24. The standard InChI is InChI=1S/C21H19ClN2O2S/c1-14(25)23-9-8-15-4-2-3-5-17(15)18(23)13-21(26)24-10-11-27-20-7-6-16(22)12-19(20)24/h2-9,12,18H,10-11,13H2,1H3. The molecule has 2 heterocycles. The number of hydrogen-bond donors (Lipinski definition) is 0. The summed E-state index contributed by atoms with van der Waals surface area (Å²) in [5.41, 5.74) is 2.91. The molecule has 2 aliphatic rings. The largest absolute Gasteiger partial charge is 0.311 e. The number of carbonyl (C=O) groups excluding carboxylic acids is 2. The summed E-state index contributed by atoms with van der Waals surface area (Å²) < 4.78 is 0. The molecule has 0 aromatic heterocycles. The Kier molecular flexibility index (Phi) is 4.98. The first-order valence-corrected chi connectivity index (χ1v) is 10.2. The van der Waals surface area contributed by atoms with Gasteiger partial charge in [-0.15, -0.1) is 11.8 Å². The molecule has 6 heteroatoms. The second-order valence-corrected chi connectivity index (χ2v) is 8.17. The van der Waals surface area contributed by atoms with Gasteiger partial charge in [0.1, 0.15) is 0 Å². The Morgan fingerprint density at radius 1 is 1.22 bits per heavy atom. The van der Waals surface area contributed by atoms with E-state index in [2.05, 4.69) is 0 Å². The molecule has 4 nitrogen and oxygen atoms in total. The number of thioether (sulfide) groups is 1. The lowest BCUT2D eigenvalue weighted by Crippen LogP contribution is -2.39. The van der Waals surface area contributed by atoms with Crippen LogP contribution in [0.15, 0.2) is 53.6 Å². The van der Waals surface area contributed by atoms with Crippen molar-refractivity contribution in [2.24, 2.45) is 0 Å². The number of amides is 2. The van der Waals surface area contributed by atoms with Gasteiger partial charge < -0.3 is 9.80 Å². The fraction of sp³-hybridized carbons (Fsp3) is 0.238. The van der Waals surface area contributed by atoms with Crippen LogP contribution in [-0.4, -0.2) is 29.0 Å². The average molecular weight is 399 g/mol. The van der Waals surface area contributed by atoms with E-state index < -0.39 is 0 Å². The number of rotatable bonds is 2. The van der Waals surface area contributed by atoms with Crippen LogP contribution < -0.4 is 4.90 Å². The van der Waals surface area contributed by atoms with Crippen molar-refractivity contribution in [1.82, 2.24) is 4.90 Å². The molecule has 1 unspecified atom stereocenters. The van der Waals surface area contributed by atoms with E-state index in [0.717, 1.165) is 27.5 Å². The van der Waals surface area contributed by atoms with E-state index in [1.54, 1.807) is 27.8 Å². The van der Waals surface area contributed by atoms with Gasteiger partial charge in [0.05, 0.1) is 18.2 Å². The number of fused-ring (bicyclic) bond motifs is 2. The second-order valence-electron chi connectivity index (χ2n) is 6.60. The Balaban J connectivity index is 1.65. The van der Waals surface area contributed by atoms with Crippen LogP contribution in [0.5, 0.6) is 0 Å². The summed E-state index contributed by atoms with van der Waals surface area (Å²) in [6.45, 7) is 2.17. The molecule has 0 N–H and O–H groups in total. The molecular formula is C21H19ClN2O2S. The predicted octanol–water partition coefficient (Wildman–Crippen LogP) is 4.74. The number of benzene rings is 2. The smallest absolute Gasteiger partial charge is 0.229 e. The number of nitrogens with zero attached hydrogens (tertiary/aromatic N) is 2. The number of hydrogen-bond acceptors (Lipinski definition) is 3. The monoisotopic (exact) mass is 398 g/mol. The van der Waals surface area contributed by atoms with Gasteiger partial charge in [0, 0.05) is 35.3 Å². The third-order valence-electron chi connectivity index (χ3n) is 4.92. The van der Waals surface area contributed by atoms with Gasteiger partial charge in [-0.05, 0) is 35.4 Å². The van der Waals surface area contributed by atoms with Crippen LogP contribution in [0.4, 0.5) is 5.69 Å². The highest BCUT2D eigenvalue weighted by Gasteiger charge is 2.31. The molecular weight excluding hydrogens is 380 g/mol. The quantitative estimate of drug-likeness (QED) is 0.733. The third kappa shape index (κ3) is 3.49. The summed E-state index contributed by atoms with van der Waals surface area (Å²) in [4.78, 5) is 29.9. The van der Waals surface area contributed by atoms with Gasteiger partial charge in [-0.1, -0.05) is 35.9 Å². The zero-order chi connectivity index (χ0) is 19.0. The zero-order valence-electron chi connectivity index (χ0n) is 14.9. The maximum absolute atomic E-state index is 13.2. The summed E-state index contributed by atoms with van der Waals surface area (Å²) in [7, 11) is 0. The van der Waals surface area contributed by atoms with Gasteiger partial charge >= 0.3 is 0 Å². The molecule has 0 bridgehead atoms. The summed E-state index contributed by atoms with van der Waals surface area (Å²) in [5, 5.41) is 0.616. The van der Waals surface area contributed by atoms with Crippen LogP contribution >= 0.6 is 23.4 Å². The van der Waals surface area contributed by atoms with Crippen molar-refractivity contribution < 1.29 is 9.59 Å². The molecule has 1 atom stereocenters. The molecule has 0 saturated heterocycles. The Morgan fingerprint density at radius 2 is 2.04 bits per heavy atom. The first-order chi connectivity index (χ1) is 13.0. The molecule has 27 heavy (non-hydrogen) atoms. The van der Waals surface area contributed by atoms with Crippen LogP contribution in [0.3, 0.4) is 0 Å². The van der Waals surface area contributed by atoms with Crippen LogP contribution in [0, 0.1) is 0 Å². The minimum absolute atomic E-state index is 0.000157. The third-order valence-corrected chi connectivity index (χ3v) is 6.20.